The zero-order chi connectivity index (χ0) is 12.8. The van der Waals surface area contributed by atoms with Crippen LogP contribution in [0.5, 0.6) is 17.2 Å². The van der Waals surface area contributed by atoms with Crippen LogP contribution in [0.15, 0.2) is 18.7 Å². The minimum atomic E-state index is 0.108. The summed E-state index contributed by atoms with van der Waals surface area (Å²) in [5, 5.41) is 0. The average molecular weight is 236 g/mol. The van der Waals surface area contributed by atoms with E-state index in [-0.39, 0.29) is 6.10 Å². The Bertz CT molecular complexity index is 383. The lowest BCUT2D eigenvalue weighted by Gasteiger charge is -2.16. The Labute approximate surface area is 103 Å². The van der Waals surface area contributed by atoms with E-state index in [1.165, 1.54) is 0 Å². The first-order chi connectivity index (χ1) is 8.12. The van der Waals surface area contributed by atoms with E-state index in [4.69, 9.17) is 14.2 Å². The van der Waals surface area contributed by atoms with Gasteiger partial charge in [0.15, 0.2) is 11.5 Å². The van der Waals surface area contributed by atoms with Crippen molar-refractivity contribution in [3.63, 3.8) is 0 Å². The summed E-state index contributed by atoms with van der Waals surface area (Å²) < 4.78 is 16.5. The van der Waals surface area contributed by atoms with Crippen molar-refractivity contribution in [3.05, 3.63) is 24.3 Å². The molecule has 0 atom stereocenters. The van der Waals surface area contributed by atoms with E-state index in [1.54, 1.807) is 13.2 Å². The molecule has 0 aliphatic rings. The molecular weight excluding hydrogens is 216 g/mol. The number of methoxy groups -OCH3 is 1. The van der Waals surface area contributed by atoms with Gasteiger partial charge in [-0.15, -0.1) is 0 Å². The Morgan fingerprint density at radius 1 is 1.24 bits per heavy atom. The second-order valence-electron chi connectivity index (χ2n) is 3.84. The molecule has 0 unspecified atom stereocenters. The first kappa shape index (κ1) is 13.4. The number of ether oxygens (including phenoxy) is 3. The van der Waals surface area contributed by atoms with E-state index in [0.29, 0.717) is 18.1 Å². The zero-order valence-electron chi connectivity index (χ0n) is 10.9. The van der Waals surface area contributed by atoms with Gasteiger partial charge in [-0.05, 0) is 26.8 Å². The fourth-order valence-corrected chi connectivity index (χ4v) is 1.50. The molecule has 0 radical (unpaired) electrons. The molecule has 1 rings (SSSR count). The molecule has 0 N–H and O–H groups in total. The quantitative estimate of drug-likeness (QED) is 0.756. The molecule has 0 bridgehead atoms. The van der Waals surface area contributed by atoms with Crippen LogP contribution in [-0.4, -0.2) is 19.8 Å². The number of hydrogen-bond acceptors (Lipinski definition) is 3. The van der Waals surface area contributed by atoms with Crippen molar-refractivity contribution in [1.82, 2.24) is 0 Å². The number of benzene rings is 1. The van der Waals surface area contributed by atoms with Gasteiger partial charge in [-0.1, -0.05) is 12.7 Å². The van der Waals surface area contributed by atoms with Crippen molar-refractivity contribution >= 4 is 6.08 Å². The van der Waals surface area contributed by atoms with Crippen molar-refractivity contribution in [2.75, 3.05) is 13.7 Å². The van der Waals surface area contributed by atoms with Gasteiger partial charge in [-0.3, -0.25) is 0 Å². The summed E-state index contributed by atoms with van der Waals surface area (Å²) in [7, 11) is 1.62. The molecule has 0 aromatic heterocycles. The largest absolute Gasteiger partial charge is 0.493 e. The van der Waals surface area contributed by atoms with Crippen molar-refractivity contribution in [1.29, 1.82) is 0 Å². The topological polar surface area (TPSA) is 27.7 Å². The fraction of sp³-hybridized carbons (Fsp3) is 0.429. The summed E-state index contributed by atoms with van der Waals surface area (Å²) in [5.41, 5.74) is 0.902. The lowest BCUT2D eigenvalue weighted by molar-refractivity contribution is 0.238. The normalized spacial score (nSPS) is 10.2. The van der Waals surface area contributed by atoms with Crippen LogP contribution in [-0.2, 0) is 0 Å². The van der Waals surface area contributed by atoms with Crippen LogP contribution in [0, 0.1) is 0 Å². The summed E-state index contributed by atoms with van der Waals surface area (Å²) in [6.07, 6.45) is 1.85. The Balaban J connectivity index is 3.18. The Morgan fingerprint density at radius 2 is 1.94 bits per heavy atom. The Kier molecular flexibility index (Phi) is 4.88. The van der Waals surface area contributed by atoms with Crippen molar-refractivity contribution in [2.24, 2.45) is 0 Å². The predicted molar refractivity (Wildman–Crippen MR) is 70.0 cm³/mol. The summed E-state index contributed by atoms with van der Waals surface area (Å²) in [6, 6.07) is 3.72. The highest BCUT2D eigenvalue weighted by atomic mass is 16.5. The van der Waals surface area contributed by atoms with E-state index >= 15 is 0 Å². The standard InChI is InChI=1S/C14H20O3/c1-6-11-8-13(15-5)14(16-7-2)9-12(11)17-10(3)4/h6,8-10H,1,7H2,2-5H3. The van der Waals surface area contributed by atoms with Gasteiger partial charge in [0.1, 0.15) is 5.75 Å². The van der Waals surface area contributed by atoms with Gasteiger partial charge >= 0.3 is 0 Å². The maximum atomic E-state index is 5.72. The third kappa shape index (κ3) is 3.41. The average Bonchev–Trinajstić information content (AvgIpc) is 2.29. The van der Waals surface area contributed by atoms with Gasteiger partial charge in [-0.2, -0.15) is 0 Å². The summed E-state index contributed by atoms with van der Waals surface area (Å²) in [5.74, 6) is 2.15. The van der Waals surface area contributed by atoms with Gasteiger partial charge in [0, 0.05) is 11.6 Å². The molecule has 1 aromatic rings. The van der Waals surface area contributed by atoms with E-state index in [2.05, 4.69) is 6.58 Å². The lowest BCUT2D eigenvalue weighted by atomic mass is 10.1. The van der Waals surface area contributed by atoms with E-state index in [0.717, 1.165) is 11.3 Å². The molecule has 0 fully saturated rings. The van der Waals surface area contributed by atoms with E-state index in [9.17, 15) is 0 Å². The molecular formula is C14H20O3. The molecule has 1 aromatic carbocycles. The molecule has 0 saturated carbocycles. The minimum absolute atomic E-state index is 0.108. The highest BCUT2D eigenvalue weighted by Crippen LogP contribution is 2.35. The predicted octanol–water partition coefficient (Wildman–Crippen LogP) is 3.52. The van der Waals surface area contributed by atoms with Gasteiger partial charge in [0.2, 0.25) is 0 Å². The molecule has 0 spiro atoms. The van der Waals surface area contributed by atoms with Gasteiger partial charge < -0.3 is 14.2 Å². The molecule has 0 aliphatic carbocycles. The van der Waals surface area contributed by atoms with Crippen LogP contribution in [0.3, 0.4) is 0 Å². The zero-order valence-corrected chi connectivity index (χ0v) is 10.9. The fourth-order valence-electron chi connectivity index (χ4n) is 1.50. The minimum Gasteiger partial charge on any atom is -0.493 e. The molecule has 0 amide bonds. The van der Waals surface area contributed by atoms with Crippen molar-refractivity contribution < 1.29 is 14.2 Å². The van der Waals surface area contributed by atoms with Crippen LogP contribution in [0.2, 0.25) is 0 Å². The van der Waals surface area contributed by atoms with Crippen LogP contribution in [0.4, 0.5) is 0 Å². The van der Waals surface area contributed by atoms with E-state index in [1.807, 2.05) is 32.9 Å². The van der Waals surface area contributed by atoms with Crippen LogP contribution < -0.4 is 14.2 Å². The molecule has 0 aliphatic heterocycles. The second-order valence-corrected chi connectivity index (χ2v) is 3.84. The highest BCUT2D eigenvalue weighted by Gasteiger charge is 2.11. The summed E-state index contributed by atoms with van der Waals surface area (Å²) in [4.78, 5) is 0. The maximum Gasteiger partial charge on any atom is 0.164 e. The molecule has 94 valence electrons. The molecule has 0 heterocycles. The van der Waals surface area contributed by atoms with E-state index < -0.39 is 0 Å². The third-order valence-corrected chi connectivity index (χ3v) is 2.18. The summed E-state index contributed by atoms with van der Waals surface area (Å²) in [6.45, 7) is 10.3. The van der Waals surface area contributed by atoms with Gasteiger partial charge in [0.25, 0.3) is 0 Å². The van der Waals surface area contributed by atoms with Gasteiger partial charge in [0.05, 0.1) is 19.8 Å². The van der Waals surface area contributed by atoms with Gasteiger partial charge in [-0.25, -0.2) is 0 Å². The van der Waals surface area contributed by atoms with Crippen LogP contribution >= 0.6 is 0 Å². The molecule has 0 saturated heterocycles. The second kappa shape index (κ2) is 6.18. The number of rotatable bonds is 6. The molecule has 3 heteroatoms. The first-order valence-electron chi connectivity index (χ1n) is 5.76. The summed E-state index contributed by atoms with van der Waals surface area (Å²) >= 11 is 0. The lowest BCUT2D eigenvalue weighted by Crippen LogP contribution is -2.07. The van der Waals surface area contributed by atoms with Crippen LogP contribution in [0.25, 0.3) is 6.08 Å². The first-order valence-corrected chi connectivity index (χ1v) is 5.76. The highest BCUT2D eigenvalue weighted by molar-refractivity contribution is 5.62. The molecule has 3 nitrogen and oxygen atoms in total. The van der Waals surface area contributed by atoms with Crippen molar-refractivity contribution in [2.45, 2.75) is 26.9 Å². The monoisotopic (exact) mass is 236 g/mol. The Morgan fingerprint density at radius 3 is 2.41 bits per heavy atom. The SMILES string of the molecule is C=Cc1cc(OC)c(OCC)cc1OC(C)C. The van der Waals surface area contributed by atoms with Crippen molar-refractivity contribution in [3.8, 4) is 17.2 Å². The Hall–Kier alpha value is -1.64. The third-order valence-electron chi connectivity index (χ3n) is 2.18. The smallest absolute Gasteiger partial charge is 0.164 e. The number of hydrogen-bond donors (Lipinski definition) is 0. The maximum absolute atomic E-state index is 5.72. The van der Waals surface area contributed by atoms with Crippen LogP contribution in [0.1, 0.15) is 26.3 Å². The molecule has 17 heavy (non-hydrogen) atoms.